The van der Waals surface area contributed by atoms with Gasteiger partial charge in [-0.1, -0.05) is 42.5 Å². The molecule has 0 atom stereocenters. The Kier molecular flexibility index (Phi) is 8.00. The molecular weight excluding hydrogens is 544 g/mol. The molecule has 0 unspecified atom stereocenters. The highest BCUT2D eigenvalue weighted by Crippen LogP contribution is 2.33. The van der Waals surface area contributed by atoms with E-state index in [9.17, 15) is 35.6 Å². The van der Waals surface area contributed by atoms with Gasteiger partial charge in [-0.05, 0) is 48.9 Å². The van der Waals surface area contributed by atoms with E-state index in [1.54, 1.807) is 42.5 Å². The number of nitrogens with zero attached hydrogens (tertiary/aromatic N) is 2. The minimum atomic E-state index is -6.18. The van der Waals surface area contributed by atoms with Gasteiger partial charge in [0.25, 0.3) is 11.5 Å². The van der Waals surface area contributed by atoms with Crippen molar-refractivity contribution in [2.24, 2.45) is 0 Å². The van der Waals surface area contributed by atoms with Crippen LogP contribution in [0.3, 0.4) is 0 Å². The zero-order chi connectivity index (χ0) is 28.4. The highest BCUT2D eigenvalue weighted by atomic mass is 32.2. The third kappa shape index (κ3) is 6.24. The number of halogens is 4. The van der Waals surface area contributed by atoms with Gasteiger partial charge >= 0.3 is 15.6 Å². The van der Waals surface area contributed by atoms with E-state index in [1.165, 1.54) is 17.0 Å². The summed E-state index contributed by atoms with van der Waals surface area (Å²) in [5.41, 5.74) is -6.37. The van der Waals surface area contributed by atoms with Crippen LogP contribution in [0.4, 0.5) is 17.6 Å². The molecule has 208 valence electrons. The van der Waals surface area contributed by atoms with Crippen LogP contribution in [0.2, 0.25) is 0 Å². The molecule has 2 heterocycles. The normalized spacial score (nSPS) is 14.7. The Bertz CT molecular complexity index is 1500. The van der Waals surface area contributed by atoms with E-state index >= 15 is 0 Å². The van der Waals surface area contributed by atoms with Crippen LogP contribution in [0.1, 0.15) is 45.8 Å². The Morgan fingerprint density at radius 2 is 1.64 bits per heavy atom. The first-order valence-electron chi connectivity index (χ1n) is 11.9. The van der Waals surface area contributed by atoms with E-state index in [0.29, 0.717) is 23.1 Å². The molecule has 39 heavy (non-hydrogen) atoms. The number of carbonyl (C=O) groups excluding carboxylic acids is 1. The van der Waals surface area contributed by atoms with Crippen LogP contribution in [0.25, 0.3) is 0 Å². The Labute approximate surface area is 221 Å². The van der Waals surface area contributed by atoms with Crippen molar-refractivity contribution in [2.75, 3.05) is 13.1 Å². The molecule has 0 radical (unpaired) electrons. The number of piperidine rings is 1. The Balaban J connectivity index is 1.65. The average molecular weight is 569 g/mol. The second-order valence-corrected chi connectivity index (χ2v) is 10.5. The predicted octanol–water partition coefficient (Wildman–Crippen LogP) is 4.17. The van der Waals surface area contributed by atoms with Crippen LogP contribution >= 0.6 is 0 Å². The Morgan fingerprint density at radius 1 is 1.03 bits per heavy atom. The molecule has 2 aromatic carbocycles. The van der Waals surface area contributed by atoms with Crippen molar-refractivity contribution < 1.29 is 39.8 Å². The lowest BCUT2D eigenvalue weighted by atomic mass is 9.89. The van der Waals surface area contributed by atoms with Gasteiger partial charge in [0.05, 0.1) is 11.8 Å². The fourth-order valence-corrected chi connectivity index (χ4v) is 4.78. The number of pyridine rings is 1. The first-order valence-corrected chi connectivity index (χ1v) is 13.3. The molecule has 0 saturated carbocycles. The first kappa shape index (κ1) is 28.1. The molecule has 1 aliphatic rings. The second-order valence-electron chi connectivity index (χ2n) is 8.99. The first-order chi connectivity index (χ1) is 18.4. The van der Waals surface area contributed by atoms with Crippen LogP contribution < -0.4 is 14.6 Å². The van der Waals surface area contributed by atoms with Crippen LogP contribution in [0, 0.1) is 12.7 Å². The fourth-order valence-electron chi connectivity index (χ4n) is 4.25. The van der Waals surface area contributed by atoms with Gasteiger partial charge in [0.2, 0.25) is 0 Å². The molecule has 13 heteroatoms. The lowest BCUT2D eigenvalue weighted by Crippen LogP contribution is -2.40. The Morgan fingerprint density at radius 3 is 2.23 bits per heavy atom. The van der Waals surface area contributed by atoms with Gasteiger partial charge in [0, 0.05) is 13.1 Å². The summed E-state index contributed by atoms with van der Waals surface area (Å²) < 4.78 is 81.3. The topological polar surface area (TPSA) is 94.9 Å². The molecular formula is C26H24F4N2O6S. The third-order valence-electron chi connectivity index (χ3n) is 6.40. The minimum absolute atomic E-state index is 0.0147. The van der Waals surface area contributed by atoms with Crippen molar-refractivity contribution in [2.45, 2.75) is 37.8 Å². The van der Waals surface area contributed by atoms with E-state index in [0.717, 1.165) is 18.7 Å². The molecule has 0 spiro atoms. The maximum absolute atomic E-state index is 13.5. The van der Waals surface area contributed by atoms with Crippen molar-refractivity contribution in [3.05, 3.63) is 99.2 Å². The number of rotatable bonds is 7. The quantitative estimate of drug-likeness (QED) is 0.241. The van der Waals surface area contributed by atoms with Crippen molar-refractivity contribution in [3.8, 4) is 5.75 Å². The number of alkyl halides is 3. The van der Waals surface area contributed by atoms with E-state index in [2.05, 4.69) is 4.18 Å². The fraction of sp³-hybridized carbons (Fsp3) is 0.308. The summed E-state index contributed by atoms with van der Waals surface area (Å²) in [6, 6.07) is 14.6. The molecule has 4 rings (SSSR count). The summed E-state index contributed by atoms with van der Waals surface area (Å²) in [6.07, 6.45) is 1.78. The molecule has 1 aliphatic heterocycles. The minimum Gasteiger partial charge on any atom is -0.406 e. The van der Waals surface area contributed by atoms with Crippen molar-refractivity contribution in [1.29, 1.82) is 0 Å². The van der Waals surface area contributed by atoms with Gasteiger partial charge in [-0.2, -0.15) is 26.3 Å². The number of hydrogen-bond acceptors (Lipinski definition) is 6. The molecule has 1 amide bonds. The van der Waals surface area contributed by atoms with E-state index in [-0.39, 0.29) is 31.4 Å². The van der Waals surface area contributed by atoms with Gasteiger partial charge in [-0.25, -0.2) is 4.39 Å². The molecule has 0 aliphatic carbocycles. The number of aromatic nitrogens is 1. The lowest BCUT2D eigenvalue weighted by Gasteiger charge is -2.32. The maximum Gasteiger partial charge on any atom is 0.534 e. The molecule has 0 N–H and O–H groups in total. The van der Waals surface area contributed by atoms with Gasteiger partial charge in [0.1, 0.15) is 18.0 Å². The summed E-state index contributed by atoms with van der Waals surface area (Å²) >= 11 is 0. The highest BCUT2D eigenvalue weighted by Gasteiger charge is 2.49. The molecule has 1 aromatic heterocycles. The van der Waals surface area contributed by atoms with E-state index in [4.69, 9.17) is 4.84 Å². The molecule has 1 fully saturated rings. The van der Waals surface area contributed by atoms with Crippen molar-refractivity contribution in [3.63, 3.8) is 0 Å². The van der Waals surface area contributed by atoms with Gasteiger partial charge < -0.3 is 13.9 Å². The standard InChI is InChI=1S/C26H24F4N2O6S/c1-17-23(38-39(35,36)26(28,29)30)22(15-32(24(17)33)37-16-18-5-3-2-4-6-18)25(34)31-13-11-20(12-14-31)19-7-9-21(27)10-8-19/h2-10,15,20H,11-14,16H2,1H3. The zero-order valence-electron chi connectivity index (χ0n) is 20.7. The van der Waals surface area contributed by atoms with Gasteiger partial charge in [-0.15, -0.1) is 0 Å². The van der Waals surface area contributed by atoms with E-state index < -0.39 is 44.0 Å². The number of benzene rings is 2. The SMILES string of the molecule is Cc1c(OS(=O)(=O)C(F)(F)F)c(C(=O)N2CCC(c3ccc(F)cc3)CC2)cn(OCc2ccccc2)c1=O. The molecule has 3 aromatic rings. The van der Waals surface area contributed by atoms with Crippen molar-refractivity contribution in [1.82, 2.24) is 9.63 Å². The summed E-state index contributed by atoms with van der Waals surface area (Å²) in [5.74, 6) is -2.21. The second kappa shape index (κ2) is 11.1. The van der Waals surface area contributed by atoms with E-state index in [1.807, 2.05) is 0 Å². The number of carbonyl (C=O) groups is 1. The third-order valence-corrected chi connectivity index (χ3v) is 7.35. The van der Waals surface area contributed by atoms with Crippen LogP contribution in [0.15, 0.2) is 65.6 Å². The monoisotopic (exact) mass is 568 g/mol. The maximum atomic E-state index is 13.5. The number of amides is 1. The number of likely N-dealkylation sites (tertiary alicyclic amines) is 1. The molecule has 0 bridgehead atoms. The van der Waals surface area contributed by atoms with Gasteiger partial charge in [0.15, 0.2) is 5.75 Å². The Hall–Kier alpha value is -3.87. The molecule has 8 nitrogen and oxygen atoms in total. The average Bonchev–Trinajstić information content (AvgIpc) is 2.91. The van der Waals surface area contributed by atoms with Crippen LogP contribution in [-0.4, -0.2) is 42.6 Å². The smallest absolute Gasteiger partial charge is 0.406 e. The zero-order valence-corrected chi connectivity index (χ0v) is 21.5. The summed E-state index contributed by atoms with van der Waals surface area (Å²) in [6.45, 7) is 1.28. The van der Waals surface area contributed by atoms with Crippen LogP contribution in [-0.2, 0) is 16.7 Å². The number of hydrogen-bond donors (Lipinski definition) is 0. The summed E-state index contributed by atoms with van der Waals surface area (Å²) in [5, 5.41) is 0. The van der Waals surface area contributed by atoms with Crippen molar-refractivity contribution >= 4 is 16.0 Å². The lowest BCUT2D eigenvalue weighted by molar-refractivity contribution is -0.0500. The molecule has 1 saturated heterocycles. The van der Waals surface area contributed by atoms with Gasteiger partial charge in [-0.3, -0.25) is 9.59 Å². The largest absolute Gasteiger partial charge is 0.534 e. The summed E-state index contributed by atoms with van der Waals surface area (Å²) in [7, 11) is -6.18. The summed E-state index contributed by atoms with van der Waals surface area (Å²) in [4.78, 5) is 33.2. The highest BCUT2D eigenvalue weighted by molar-refractivity contribution is 7.88. The predicted molar refractivity (Wildman–Crippen MR) is 132 cm³/mol. The van der Waals surface area contributed by atoms with Crippen LogP contribution in [0.5, 0.6) is 5.75 Å².